The quantitative estimate of drug-likeness (QED) is 0.701. The number of likely N-dealkylation sites (tertiary alicyclic amines) is 1. The van der Waals surface area contributed by atoms with Gasteiger partial charge in [-0.25, -0.2) is 0 Å². The molecule has 0 saturated carbocycles. The summed E-state index contributed by atoms with van der Waals surface area (Å²) in [4.78, 5) is 19.0. The molecule has 6 heteroatoms. The minimum atomic E-state index is -0.0864. The van der Waals surface area contributed by atoms with Crippen molar-refractivity contribution in [3.8, 4) is 11.5 Å². The number of pyridine rings is 1. The van der Waals surface area contributed by atoms with E-state index in [2.05, 4.69) is 22.1 Å². The van der Waals surface area contributed by atoms with Gasteiger partial charge < -0.3 is 19.7 Å². The van der Waals surface area contributed by atoms with Crippen LogP contribution in [0.3, 0.4) is 0 Å². The molecule has 0 aliphatic carbocycles. The van der Waals surface area contributed by atoms with Crippen molar-refractivity contribution in [3.05, 3.63) is 53.9 Å². The second kappa shape index (κ2) is 10.8. The minimum Gasteiger partial charge on any atom is -0.490 e. The van der Waals surface area contributed by atoms with Crippen LogP contribution >= 0.6 is 0 Å². The topological polar surface area (TPSA) is 63.7 Å². The summed E-state index contributed by atoms with van der Waals surface area (Å²) in [5, 5.41) is 3.02. The third-order valence-electron chi connectivity index (χ3n) is 5.10. The molecule has 156 valence electrons. The van der Waals surface area contributed by atoms with Gasteiger partial charge in [-0.15, -0.1) is 0 Å². The smallest absolute Gasteiger partial charge is 0.251 e. The van der Waals surface area contributed by atoms with Crippen LogP contribution in [0.5, 0.6) is 11.5 Å². The highest BCUT2D eigenvalue weighted by molar-refractivity contribution is 5.94. The fourth-order valence-electron chi connectivity index (χ4n) is 3.60. The van der Waals surface area contributed by atoms with Crippen molar-refractivity contribution in [2.75, 3.05) is 32.8 Å². The van der Waals surface area contributed by atoms with E-state index in [9.17, 15) is 4.79 Å². The monoisotopic (exact) mass is 397 g/mol. The van der Waals surface area contributed by atoms with Gasteiger partial charge in [0.1, 0.15) is 6.61 Å². The lowest BCUT2D eigenvalue weighted by atomic mass is 10.0. The van der Waals surface area contributed by atoms with E-state index >= 15 is 0 Å². The Morgan fingerprint density at radius 2 is 2.03 bits per heavy atom. The van der Waals surface area contributed by atoms with Gasteiger partial charge in [0.2, 0.25) is 0 Å². The molecule has 0 spiro atoms. The number of carbonyl (C=O) groups is 1. The Labute approximate surface area is 173 Å². The van der Waals surface area contributed by atoms with Crippen LogP contribution in [0.25, 0.3) is 0 Å². The number of hydrogen-bond acceptors (Lipinski definition) is 5. The Bertz CT molecular complexity index is 782. The molecule has 1 fully saturated rings. The molecule has 29 heavy (non-hydrogen) atoms. The zero-order valence-electron chi connectivity index (χ0n) is 17.4. The molecule has 1 amide bonds. The van der Waals surface area contributed by atoms with Crippen LogP contribution in [-0.2, 0) is 6.61 Å². The van der Waals surface area contributed by atoms with Gasteiger partial charge in [-0.2, -0.15) is 0 Å². The van der Waals surface area contributed by atoms with Crippen molar-refractivity contribution in [2.24, 2.45) is 5.92 Å². The van der Waals surface area contributed by atoms with E-state index in [1.807, 2.05) is 19.1 Å². The molecule has 1 atom stereocenters. The zero-order valence-corrected chi connectivity index (χ0v) is 17.4. The van der Waals surface area contributed by atoms with Gasteiger partial charge in [0.05, 0.1) is 6.61 Å². The summed E-state index contributed by atoms with van der Waals surface area (Å²) in [6, 6.07) is 9.15. The third kappa shape index (κ3) is 6.46. The van der Waals surface area contributed by atoms with Crippen LogP contribution in [-0.4, -0.2) is 48.6 Å². The van der Waals surface area contributed by atoms with E-state index < -0.39 is 0 Å². The molecule has 1 aromatic heterocycles. The van der Waals surface area contributed by atoms with Crippen LogP contribution in [0.2, 0.25) is 0 Å². The maximum atomic E-state index is 12.6. The second-order valence-electron chi connectivity index (χ2n) is 7.54. The molecule has 1 N–H and O–H groups in total. The lowest BCUT2D eigenvalue weighted by Gasteiger charge is -2.30. The number of carbonyl (C=O) groups excluding carboxylic acids is 1. The van der Waals surface area contributed by atoms with Crippen LogP contribution < -0.4 is 14.8 Å². The standard InChI is InChI=1S/C23H31N3O3/c1-3-28-22-15-20(6-7-21(22)29-17-19-8-10-24-11-9-19)23(27)25-12-14-26-13-4-5-18(2)16-26/h6-11,15,18H,3-5,12-14,16-17H2,1-2H3,(H,25,27). The van der Waals surface area contributed by atoms with E-state index in [1.165, 1.54) is 12.8 Å². The first-order chi connectivity index (χ1) is 14.2. The number of piperidine rings is 1. The lowest BCUT2D eigenvalue weighted by molar-refractivity contribution is 0.0943. The van der Waals surface area contributed by atoms with Gasteiger partial charge in [0.15, 0.2) is 11.5 Å². The Hall–Kier alpha value is -2.60. The predicted octanol–water partition coefficient (Wildman–Crippen LogP) is 3.52. The maximum absolute atomic E-state index is 12.6. The highest BCUT2D eigenvalue weighted by atomic mass is 16.5. The summed E-state index contributed by atoms with van der Waals surface area (Å²) in [6.45, 7) is 8.91. The van der Waals surface area contributed by atoms with Gasteiger partial charge in [0, 0.05) is 37.6 Å². The number of benzene rings is 1. The van der Waals surface area contributed by atoms with Gasteiger partial charge in [0.25, 0.3) is 5.91 Å². The first kappa shape index (κ1) is 21.1. The van der Waals surface area contributed by atoms with Gasteiger partial charge in [-0.3, -0.25) is 9.78 Å². The molecular formula is C23H31N3O3. The number of amides is 1. The second-order valence-corrected chi connectivity index (χ2v) is 7.54. The maximum Gasteiger partial charge on any atom is 0.251 e. The average Bonchev–Trinajstić information content (AvgIpc) is 2.74. The predicted molar refractivity (Wildman–Crippen MR) is 113 cm³/mol. The van der Waals surface area contributed by atoms with Gasteiger partial charge in [-0.05, 0) is 68.1 Å². The summed E-state index contributed by atoms with van der Waals surface area (Å²) < 4.78 is 11.6. The molecule has 0 radical (unpaired) electrons. The molecule has 1 aliphatic rings. The molecule has 1 unspecified atom stereocenters. The number of ether oxygens (including phenoxy) is 2. The minimum absolute atomic E-state index is 0.0864. The summed E-state index contributed by atoms with van der Waals surface area (Å²) in [7, 11) is 0. The molecule has 2 heterocycles. The van der Waals surface area contributed by atoms with Crippen LogP contribution in [0.4, 0.5) is 0 Å². The molecule has 1 aromatic carbocycles. The summed E-state index contributed by atoms with van der Waals surface area (Å²) in [6.07, 6.45) is 6.02. The molecule has 2 aromatic rings. The SMILES string of the molecule is CCOc1cc(C(=O)NCCN2CCCC(C)C2)ccc1OCc1ccncc1. The fraction of sp³-hybridized carbons (Fsp3) is 0.478. The summed E-state index contributed by atoms with van der Waals surface area (Å²) in [5.74, 6) is 1.87. The summed E-state index contributed by atoms with van der Waals surface area (Å²) in [5.41, 5.74) is 1.60. The van der Waals surface area contributed by atoms with Crippen LogP contribution in [0.15, 0.2) is 42.7 Å². The Morgan fingerprint density at radius 3 is 2.79 bits per heavy atom. The number of nitrogens with one attached hydrogen (secondary N) is 1. The van der Waals surface area contributed by atoms with E-state index in [0.29, 0.717) is 36.8 Å². The average molecular weight is 398 g/mol. The Kier molecular flexibility index (Phi) is 7.87. The largest absolute Gasteiger partial charge is 0.490 e. The van der Waals surface area contributed by atoms with Crippen molar-refractivity contribution in [3.63, 3.8) is 0 Å². The first-order valence-corrected chi connectivity index (χ1v) is 10.4. The van der Waals surface area contributed by atoms with Crippen molar-refractivity contribution in [1.82, 2.24) is 15.2 Å². The number of rotatable bonds is 9. The van der Waals surface area contributed by atoms with Gasteiger partial charge >= 0.3 is 0 Å². The molecular weight excluding hydrogens is 366 g/mol. The van der Waals surface area contributed by atoms with Crippen molar-refractivity contribution < 1.29 is 14.3 Å². The molecule has 1 saturated heterocycles. The third-order valence-corrected chi connectivity index (χ3v) is 5.10. The lowest BCUT2D eigenvalue weighted by Crippen LogP contribution is -2.40. The summed E-state index contributed by atoms with van der Waals surface area (Å²) >= 11 is 0. The highest BCUT2D eigenvalue weighted by Crippen LogP contribution is 2.29. The number of aromatic nitrogens is 1. The molecule has 3 rings (SSSR count). The normalized spacial score (nSPS) is 17.0. The van der Waals surface area contributed by atoms with Crippen molar-refractivity contribution in [1.29, 1.82) is 0 Å². The Morgan fingerprint density at radius 1 is 1.21 bits per heavy atom. The first-order valence-electron chi connectivity index (χ1n) is 10.4. The van der Waals surface area contributed by atoms with E-state index in [-0.39, 0.29) is 5.91 Å². The van der Waals surface area contributed by atoms with Crippen LogP contribution in [0.1, 0.15) is 42.6 Å². The van der Waals surface area contributed by atoms with Crippen molar-refractivity contribution >= 4 is 5.91 Å². The van der Waals surface area contributed by atoms with Gasteiger partial charge in [-0.1, -0.05) is 6.92 Å². The zero-order chi connectivity index (χ0) is 20.5. The number of nitrogens with zero attached hydrogens (tertiary/aromatic N) is 2. The highest BCUT2D eigenvalue weighted by Gasteiger charge is 2.16. The van der Waals surface area contributed by atoms with E-state index in [4.69, 9.17) is 9.47 Å². The van der Waals surface area contributed by atoms with Crippen molar-refractivity contribution in [2.45, 2.75) is 33.3 Å². The fourth-order valence-corrected chi connectivity index (χ4v) is 3.60. The molecule has 1 aliphatic heterocycles. The Balaban J connectivity index is 1.55. The van der Waals surface area contributed by atoms with E-state index in [0.717, 1.165) is 31.1 Å². The molecule has 6 nitrogen and oxygen atoms in total. The number of hydrogen-bond donors (Lipinski definition) is 1. The van der Waals surface area contributed by atoms with E-state index in [1.54, 1.807) is 30.6 Å². The van der Waals surface area contributed by atoms with Crippen LogP contribution in [0, 0.1) is 5.92 Å². The molecule has 0 bridgehead atoms.